The van der Waals surface area contributed by atoms with Gasteiger partial charge in [0.1, 0.15) is 0 Å². The molecule has 0 spiro atoms. The van der Waals surface area contributed by atoms with Crippen molar-refractivity contribution in [1.82, 2.24) is 0 Å². The highest BCUT2D eigenvalue weighted by atomic mass is 32.2. The van der Waals surface area contributed by atoms with Gasteiger partial charge in [-0.3, -0.25) is 4.79 Å². The molecule has 0 heterocycles. The van der Waals surface area contributed by atoms with E-state index in [0.29, 0.717) is 6.42 Å². The zero-order chi connectivity index (χ0) is 11.0. The Morgan fingerprint density at radius 3 is 2.57 bits per heavy atom. The van der Waals surface area contributed by atoms with Gasteiger partial charge in [0.2, 0.25) is 0 Å². The van der Waals surface area contributed by atoms with E-state index in [9.17, 15) is 17.8 Å². The molecule has 0 atom stereocenters. The van der Waals surface area contributed by atoms with E-state index < -0.39 is 21.8 Å². The topological polar surface area (TPSA) is 83.5 Å². The summed E-state index contributed by atoms with van der Waals surface area (Å²) in [7, 11) is -4.13. The molecule has 0 aliphatic rings. The Hall–Kier alpha value is -1.06. The van der Waals surface area contributed by atoms with Crippen molar-refractivity contribution in [3.8, 4) is 11.8 Å². The Labute approximate surface area is 83.2 Å². The smallest absolute Gasteiger partial charge is 0.303 e. The maximum atomic E-state index is 10.3. The predicted molar refractivity (Wildman–Crippen MR) is 48.2 cm³/mol. The van der Waals surface area contributed by atoms with Crippen molar-refractivity contribution < 1.29 is 22.5 Å². The summed E-state index contributed by atoms with van der Waals surface area (Å²) in [5.41, 5.74) is 0. The van der Waals surface area contributed by atoms with Gasteiger partial charge < -0.3 is 9.29 Å². The van der Waals surface area contributed by atoms with Gasteiger partial charge in [0.25, 0.3) is 0 Å². The lowest BCUT2D eigenvalue weighted by molar-refractivity contribution is -0.139. The highest BCUT2D eigenvalue weighted by Gasteiger charge is 1.92. The molecule has 0 fully saturated rings. The highest BCUT2D eigenvalue weighted by Crippen LogP contribution is 1.91. The Bertz CT molecular complexity index is 332. The van der Waals surface area contributed by atoms with Crippen LogP contribution < -0.4 is 0 Å². The minimum atomic E-state index is -4.13. The molecular weight excluding hydrogens is 208 g/mol. The minimum Gasteiger partial charge on any atom is -0.748 e. The standard InChI is InChI=1S/C8H12O5S/c1-8(9)13-6-4-2-3-5-7-14(10,11)12/h3,5-7H2,1H3,(H,10,11,12)/p-1. The fourth-order valence-corrected chi connectivity index (χ4v) is 1.11. The molecule has 0 saturated heterocycles. The van der Waals surface area contributed by atoms with Crippen molar-refractivity contribution in [1.29, 1.82) is 0 Å². The van der Waals surface area contributed by atoms with Gasteiger partial charge in [0, 0.05) is 19.1 Å². The zero-order valence-corrected chi connectivity index (χ0v) is 8.59. The first-order valence-corrected chi connectivity index (χ1v) is 5.52. The molecule has 80 valence electrons. The molecule has 0 amide bonds. The Morgan fingerprint density at radius 1 is 1.43 bits per heavy atom. The molecule has 5 nitrogen and oxygen atoms in total. The SMILES string of the molecule is CC(=O)OCC#CCCCS(=O)(=O)[O-]. The average Bonchev–Trinajstić information content (AvgIpc) is 2.00. The molecular formula is C8H11O5S-. The van der Waals surface area contributed by atoms with Crippen molar-refractivity contribution in [2.24, 2.45) is 0 Å². The molecule has 0 bridgehead atoms. The number of carbonyl (C=O) groups excluding carboxylic acids is 1. The molecule has 0 N–H and O–H groups in total. The van der Waals surface area contributed by atoms with Gasteiger partial charge in [0.05, 0.1) is 10.1 Å². The van der Waals surface area contributed by atoms with E-state index in [0.717, 1.165) is 0 Å². The monoisotopic (exact) mass is 219 g/mol. The predicted octanol–water partition coefficient (Wildman–Crippen LogP) is -0.122. The second kappa shape index (κ2) is 6.40. The molecule has 0 saturated carbocycles. The summed E-state index contributed by atoms with van der Waals surface area (Å²) in [5.74, 6) is 4.27. The highest BCUT2D eigenvalue weighted by molar-refractivity contribution is 7.85. The summed E-state index contributed by atoms with van der Waals surface area (Å²) in [4.78, 5) is 10.3. The van der Waals surface area contributed by atoms with Crippen molar-refractivity contribution in [2.75, 3.05) is 12.4 Å². The maximum Gasteiger partial charge on any atom is 0.303 e. The first-order valence-electron chi connectivity index (χ1n) is 3.94. The Balaban J connectivity index is 3.49. The lowest BCUT2D eigenvalue weighted by atomic mass is 10.3. The number of esters is 1. The average molecular weight is 219 g/mol. The van der Waals surface area contributed by atoms with Crippen LogP contribution in [-0.4, -0.2) is 31.3 Å². The van der Waals surface area contributed by atoms with E-state index in [4.69, 9.17) is 0 Å². The molecule has 0 aliphatic carbocycles. The summed E-state index contributed by atoms with van der Waals surface area (Å²) in [6, 6.07) is 0. The molecule has 0 aromatic rings. The van der Waals surface area contributed by atoms with Crippen LogP contribution in [0.4, 0.5) is 0 Å². The van der Waals surface area contributed by atoms with Gasteiger partial charge >= 0.3 is 5.97 Å². The number of carbonyl (C=O) groups is 1. The largest absolute Gasteiger partial charge is 0.748 e. The molecule has 6 heteroatoms. The van der Waals surface area contributed by atoms with Crippen molar-refractivity contribution in [3.05, 3.63) is 0 Å². The second-order valence-electron chi connectivity index (χ2n) is 2.50. The third-order valence-corrected chi connectivity index (χ3v) is 1.96. The van der Waals surface area contributed by atoms with Crippen LogP contribution in [0.2, 0.25) is 0 Å². The van der Waals surface area contributed by atoms with Crippen molar-refractivity contribution >= 4 is 16.1 Å². The zero-order valence-electron chi connectivity index (χ0n) is 7.78. The summed E-state index contributed by atoms with van der Waals surface area (Å²) in [5, 5.41) is 0. The molecule has 0 rings (SSSR count). The number of rotatable bonds is 4. The molecule has 0 aliphatic heterocycles. The number of hydrogen-bond donors (Lipinski definition) is 0. The maximum absolute atomic E-state index is 10.3. The fourth-order valence-electron chi connectivity index (χ4n) is 0.614. The van der Waals surface area contributed by atoms with Gasteiger partial charge in [-0.25, -0.2) is 8.42 Å². The molecule has 0 aromatic carbocycles. The van der Waals surface area contributed by atoms with Crippen LogP contribution in [0.25, 0.3) is 0 Å². The van der Waals surface area contributed by atoms with Gasteiger partial charge in [-0.1, -0.05) is 11.8 Å². The number of hydrogen-bond acceptors (Lipinski definition) is 5. The summed E-state index contributed by atoms with van der Waals surface area (Å²) in [6.45, 7) is 1.27. The summed E-state index contributed by atoms with van der Waals surface area (Å²) < 4.78 is 34.9. The van der Waals surface area contributed by atoms with Gasteiger partial charge in [-0.15, -0.1) is 0 Å². The Kier molecular flexibility index (Phi) is 5.92. The van der Waals surface area contributed by atoms with Crippen LogP contribution >= 0.6 is 0 Å². The quantitative estimate of drug-likeness (QED) is 0.285. The first kappa shape index (κ1) is 12.9. The van der Waals surface area contributed by atoms with Crippen LogP contribution in [0.3, 0.4) is 0 Å². The Morgan fingerprint density at radius 2 is 2.07 bits per heavy atom. The molecule has 0 unspecified atom stereocenters. The van der Waals surface area contributed by atoms with Crippen molar-refractivity contribution in [2.45, 2.75) is 19.8 Å². The molecule has 0 aromatic heterocycles. The minimum absolute atomic E-state index is 0.000537. The molecule has 14 heavy (non-hydrogen) atoms. The van der Waals surface area contributed by atoms with E-state index in [1.807, 2.05) is 0 Å². The van der Waals surface area contributed by atoms with E-state index in [1.165, 1.54) is 6.92 Å². The molecule has 0 radical (unpaired) electrons. The van der Waals surface area contributed by atoms with Crippen LogP contribution in [0.15, 0.2) is 0 Å². The lowest BCUT2D eigenvalue weighted by Gasteiger charge is -2.02. The third kappa shape index (κ3) is 10.9. The van der Waals surface area contributed by atoms with Crippen LogP contribution in [0, 0.1) is 11.8 Å². The van der Waals surface area contributed by atoms with E-state index in [1.54, 1.807) is 0 Å². The van der Waals surface area contributed by atoms with Crippen LogP contribution in [0.5, 0.6) is 0 Å². The normalized spacial score (nSPS) is 10.1. The second-order valence-corrected chi connectivity index (χ2v) is 4.02. The summed E-state index contributed by atoms with van der Waals surface area (Å²) in [6.07, 6.45) is 0.516. The van der Waals surface area contributed by atoms with Gasteiger partial charge in [-0.05, 0) is 6.42 Å². The number of ether oxygens (including phenoxy) is 1. The first-order chi connectivity index (χ1) is 6.42. The number of unbranched alkanes of at least 4 members (excludes halogenated alkanes) is 1. The van der Waals surface area contributed by atoms with Gasteiger partial charge in [-0.2, -0.15) is 0 Å². The fraction of sp³-hybridized carbons (Fsp3) is 0.625. The van der Waals surface area contributed by atoms with E-state index in [-0.39, 0.29) is 13.0 Å². The summed E-state index contributed by atoms with van der Waals surface area (Å²) >= 11 is 0. The van der Waals surface area contributed by atoms with E-state index >= 15 is 0 Å². The van der Waals surface area contributed by atoms with Crippen LogP contribution in [-0.2, 0) is 19.6 Å². The van der Waals surface area contributed by atoms with Crippen molar-refractivity contribution in [3.63, 3.8) is 0 Å². The van der Waals surface area contributed by atoms with Crippen LogP contribution in [0.1, 0.15) is 19.8 Å². The van der Waals surface area contributed by atoms with E-state index in [2.05, 4.69) is 16.6 Å². The van der Waals surface area contributed by atoms with Gasteiger partial charge in [0.15, 0.2) is 6.61 Å². The third-order valence-electron chi connectivity index (χ3n) is 1.17. The lowest BCUT2D eigenvalue weighted by Crippen LogP contribution is -2.03.